The minimum atomic E-state index is -0.207. The number of halogens is 1. The monoisotopic (exact) mass is 460 g/mol. The van der Waals surface area contributed by atoms with Gasteiger partial charge in [0.25, 0.3) is 0 Å². The van der Waals surface area contributed by atoms with Crippen molar-refractivity contribution in [1.29, 1.82) is 0 Å². The van der Waals surface area contributed by atoms with E-state index in [-0.39, 0.29) is 41.3 Å². The number of nitrogens with one attached hydrogen (secondary N) is 1. The van der Waals surface area contributed by atoms with Crippen LogP contribution in [0.25, 0.3) is 0 Å². The number of primary amides is 1. The summed E-state index contributed by atoms with van der Waals surface area (Å²) in [6, 6.07) is 3.91. The van der Waals surface area contributed by atoms with Crippen molar-refractivity contribution in [2.75, 3.05) is 18.0 Å². The van der Waals surface area contributed by atoms with Crippen LogP contribution in [0.2, 0.25) is 0 Å². The number of anilines is 1. The first kappa shape index (κ1) is 21.5. The van der Waals surface area contributed by atoms with Crippen molar-refractivity contribution < 1.29 is 4.79 Å². The van der Waals surface area contributed by atoms with E-state index in [1.165, 1.54) is 0 Å². The summed E-state index contributed by atoms with van der Waals surface area (Å²) >= 11 is 0. The minimum absolute atomic E-state index is 0. The van der Waals surface area contributed by atoms with Crippen molar-refractivity contribution in [2.24, 2.45) is 22.4 Å². The molecule has 7 nitrogen and oxygen atoms in total. The number of hydrogen-bond donors (Lipinski definition) is 3. The van der Waals surface area contributed by atoms with Crippen LogP contribution < -0.4 is 21.7 Å². The molecular formula is C17H29IN6O. The molecule has 0 atom stereocenters. The summed E-state index contributed by atoms with van der Waals surface area (Å²) in [4.78, 5) is 22.4. The number of hydrogen-bond acceptors (Lipinski definition) is 4. The fourth-order valence-corrected chi connectivity index (χ4v) is 2.81. The Morgan fingerprint density at radius 3 is 2.56 bits per heavy atom. The van der Waals surface area contributed by atoms with Crippen molar-refractivity contribution in [3.63, 3.8) is 0 Å². The summed E-state index contributed by atoms with van der Waals surface area (Å²) in [5.41, 5.74) is 12.2. The molecule has 0 spiro atoms. The summed E-state index contributed by atoms with van der Waals surface area (Å²) in [5, 5.41) is 3.15. The predicted octanol–water partition coefficient (Wildman–Crippen LogP) is 1.60. The van der Waals surface area contributed by atoms with Crippen LogP contribution in [0.1, 0.15) is 39.2 Å². The summed E-state index contributed by atoms with van der Waals surface area (Å²) in [6.45, 7) is 8.12. The topological polar surface area (TPSA) is 110 Å². The van der Waals surface area contributed by atoms with Crippen molar-refractivity contribution in [3.05, 3.63) is 23.9 Å². The Bertz CT molecular complexity index is 605. The van der Waals surface area contributed by atoms with E-state index in [1.54, 1.807) is 6.20 Å². The second-order valence-electron chi connectivity index (χ2n) is 7.23. The molecule has 0 radical (unpaired) electrons. The average Bonchev–Trinajstić information content (AvgIpc) is 2.52. The maximum atomic E-state index is 11.3. The first-order chi connectivity index (χ1) is 11.3. The smallest absolute Gasteiger partial charge is 0.220 e. The van der Waals surface area contributed by atoms with Crippen LogP contribution >= 0.6 is 24.0 Å². The van der Waals surface area contributed by atoms with Crippen LogP contribution in [-0.2, 0) is 11.3 Å². The third-order valence-corrected chi connectivity index (χ3v) is 3.99. The third-order valence-electron chi connectivity index (χ3n) is 3.99. The number of pyridine rings is 1. The van der Waals surface area contributed by atoms with Gasteiger partial charge in [0.1, 0.15) is 5.82 Å². The zero-order valence-corrected chi connectivity index (χ0v) is 17.5. The van der Waals surface area contributed by atoms with Gasteiger partial charge in [-0.15, -0.1) is 24.0 Å². The molecule has 2 rings (SSSR count). The maximum absolute atomic E-state index is 11.3. The first-order valence-corrected chi connectivity index (χ1v) is 8.32. The Labute approximate surface area is 166 Å². The number of carbonyl (C=O) groups excluding carboxylic acids is 1. The molecule has 0 aromatic carbocycles. The normalized spacial score (nSPS) is 16.3. The predicted molar refractivity (Wildman–Crippen MR) is 112 cm³/mol. The third kappa shape index (κ3) is 6.68. The van der Waals surface area contributed by atoms with Gasteiger partial charge in [-0.2, -0.15) is 0 Å². The fraction of sp³-hybridized carbons (Fsp3) is 0.588. The molecule has 8 heteroatoms. The second-order valence-corrected chi connectivity index (χ2v) is 7.23. The largest absolute Gasteiger partial charge is 0.370 e. The minimum Gasteiger partial charge on any atom is -0.370 e. The van der Waals surface area contributed by atoms with Gasteiger partial charge in [0.2, 0.25) is 5.91 Å². The highest BCUT2D eigenvalue weighted by molar-refractivity contribution is 14.0. The van der Waals surface area contributed by atoms with Crippen molar-refractivity contribution in [2.45, 2.75) is 45.7 Å². The summed E-state index contributed by atoms with van der Waals surface area (Å²) in [6.07, 6.45) is 3.31. The molecule has 1 aromatic rings. The van der Waals surface area contributed by atoms with Crippen LogP contribution in [0.15, 0.2) is 23.3 Å². The average molecular weight is 460 g/mol. The van der Waals surface area contributed by atoms with Gasteiger partial charge < -0.3 is 21.7 Å². The van der Waals surface area contributed by atoms with Crippen LogP contribution in [0.3, 0.4) is 0 Å². The highest BCUT2D eigenvalue weighted by Crippen LogP contribution is 2.24. The van der Waals surface area contributed by atoms with E-state index in [4.69, 9.17) is 11.5 Å². The number of aliphatic imine (C=N–C) groups is 1. The standard InChI is InChI=1S/C17H28N6O.HI/c1-17(2,3)22-16(19)21-11-13-5-4-8-20-15(13)23-9-6-12(7-10-23)14(18)24;/h4-5,8,12H,6-7,9-11H2,1-3H3,(H2,18,24)(H3,19,21,22);1H. The summed E-state index contributed by atoms with van der Waals surface area (Å²) in [5.74, 6) is 1.09. The number of aromatic nitrogens is 1. The molecule has 2 heterocycles. The Hall–Kier alpha value is -1.58. The molecule has 0 bridgehead atoms. The highest BCUT2D eigenvalue weighted by Gasteiger charge is 2.24. The number of carbonyl (C=O) groups is 1. The maximum Gasteiger partial charge on any atom is 0.220 e. The number of guanidine groups is 1. The zero-order chi connectivity index (χ0) is 17.7. The highest BCUT2D eigenvalue weighted by atomic mass is 127. The lowest BCUT2D eigenvalue weighted by Crippen LogP contribution is -2.45. The lowest BCUT2D eigenvalue weighted by Gasteiger charge is -2.32. The van der Waals surface area contributed by atoms with Crippen molar-refractivity contribution in [3.8, 4) is 0 Å². The van der Waals surface area contributed by atoms with E-state index in [2.05, 4.69) is 20.2 Å². The molecule has 0 aliphatic carbocycles. The number of nitrogens with zero attached hydrogens (tertiary/aromatic N) is 3. The van der Waals surface area contributed by atoms with Crippen LogP contribution in [-0.4, -0.2) is 35.5 Å². The van der Waals surface area contributed by atoms with Crippen LogP contribution in [0, 0.1) is 5.92 Å². The van der Waals surface area contributed by atoms with E-state index in [1.807, 2.05) is 32.9 Å². The van der Waals surface area contributed by atoms with Gasteiger partial charge in [0, 0.05) is 36.3 Å². The molecule has 1 aliphatic heterocycles. The van der Waals surface area contributed by atoms with Crippen LogP contribution in [0.4, 0.5) is 5.82 Å². The van der Waals surface area contributed by atoms with E-state index in [0.29, 0.717) is 12.5 Å². The molecule has 1 saturated heterocycles. The Morgan fingerprint density at radius 2 is 2.00 bits per heavy atom. The lowest BCUT2D eigenvalue weighted by molar-refractivity contribution is -0.122. The SMILES string of the molecule is CC(C)(C)NC(N)=NCc1cccnc1N1CCC(C(N)=O)CC1.I. The van der Waals surface area contributed by atoms with Crippen molar-refractivity contribution in [1.82, 2.24) is 10.3 Å². The molecule has 0 unspecified atom stereocenters. The van der Waals surface area contributed by atoms with Gasteiger partial charge in [-0.25, -0.2) is 9.98 Å². The lowest BCUT2D eigenvalue weighted by atomic mass is 9.96. The molecule has 140 valence electrons. The van der Waals surface area contributed by atoms with Gasteiger partial charge in [-0.1, -0.05) is 6.07 Å². The summed E-state index contributed by atoms with van der Waals surface area (Å²) < 4.78 is 0. The van der Waals surface area contributed by atoms with Crippen molar-refractivity contribution >= 4 is 41.7 Å². The number of rotatable bonds is 4. The van der Waals surface area contributed by atoms with Gasteiger partial charge in [-0.05, 0) is 39.7 Å². The van der Waals surface area contributed by atoms with Gasteiger partial charge in [0.05, 0.1) is 6.54 Å². The van der Waals surface area contributed by atoms with Gasteiger partial charge >= 0.3 is 0 Å². The van der Waals surface area contributed by atoms with E-state index in [9.17, 15) is 4.79 Å². The van der Waals surface area contributed by atoms with Gasteiger partial charge in [0.15, 0.2) is 5.96 Å². The summed E-state index contributed by atoms with van der Waals surface area (Å²) in [7, 11) is 0. The molecule has 1 fully saturated rings. The molecular weight excluding hydrogens is 431 g/mol. The number of amides is 1. The quantitative estimate of drug-likeness (QED) is 0.359. The van der Waals surface area contributed by atoms with Crippen LogP contribution in [0.5, 0.6) is 0 Å². The molecule has 25 heavy (non-hydrogen) atoms. The zero-order valence-electron chi connectivity index (χ0n) is 15.2. The molecule has 0 saturated carbocycles. The van der Waals surface area contributed by atoms with E-state index < -0.39 is 0 Å². The van der Waals surface area contributed by atoms with Gasteiger partial charge in [-0.3, -0.25) is 4.79 Å². The molecule has 1 aromatic heterocycles. The van der Waals surface area contributed by atoms with E-state index in [0.717, 1.165) is 37.3 Å². The number of piperidine rings is 1. The Morgan fingerprint density at radius 1 is 1.36 bits per heavy atom. The Balaban J connectivity index is 0.00000312. The molecule has 5 N–H and O–H groups in total. The molecule has 1 aliphatic rings. The van der Waals surface area contributed by atoms with E-state index >= 15 is 0 Å². The second kappa shape index (κ2) is 9.21. The Kier molecular flexibility index (Phi) is 7.91. The first-order valence-electron chi connectivity index (χ1n) is 8.32. The fourth-order valence-electron chi connectivity index (χ4n) is 2.81. The molecule has 1 amide bonds. The number of nitrogens with two attached hydrogens (primary N) is 2.